The van der Waals surface area contributed by atoms with E-state index in [0.29, 0.717) is 42.5 Å². The zero-order valence-electron chi connectivity index (χ0n) is 13.9. The Morgan fingerprint density at radius 3 is 2.44 bits per heavy atom. The highest BCUT2D eigenvalue weighted by Crippen LogP contribution is 2.46. The van der Waals surface area contributed by atoms with E-state index < -0.39 is 5.97 Å². The summed E-state index contributed by atoms with van der Waals surface area (Å²) in [6, 6.07) is 5.41. The summed E-state index contributed by atoms with van der Waals surface area (Å²) in [5.74, 6) is -1.11. The van der Waals surface area contributed by atoms with E-state index in [1.165, 1.54) is 0 Å². The summed E-state index contributed by atoms with van der Waals surface area (Å²) in [5.41, 5.74) is 0.909. The van der Waals surface area contributed by atoms with Gasteiger partial charge in [0, 0.05) is 35.1 Å². The van der Waals surface area contributed by atoms with Gasteiger partial charge in [0.2, 0.25) is 0 Å². The van der Waals surface area contributed by atoms with Crippen molar-refractivity contribution in [3.63, 3.8) is 0 Å². The van der Waals surface area contributed by atoms with Gasteiger partial charge in [-0.3, -0.25) is 4.79 Å². The zero-order chi connectivity index (χ0) is 18.0. The van der Waals surface area contributed by atoms with Crippen LogP contribution in [0, 0.1) is 5.92 Å². The van der Waals surface area contributed by atoms with Gasteiger partial charge in [-0.25, -0.2) is 4.79 Å². The Hall–Kier alpha value is -1.46. The molecule has 1 saturated heterocycles. The lowest BCUT2D eigenvalue weighted by atomic mass is 9.64. The predicted octanol–water partition coefficient (Wildman–Crippen LogP) is 3.92. The molecule has 2 fully saturated rings. The van der Waals surface area contributed by atoms with Gasteiger partial charge in [-0.05, 0) is 43.4 Å². The molecule has 0 aromatic heterocycles. The Kier molecular flexibility index (Phi) is 5.44. The molecule has 0 spiro atoms. The number of aliphatic carboxylic acids is 1. The van der Waals surface area contributed by atoms with Crippen molar-refractivity contribution in [2.24, 2.45) is 5.92 Å². The maximum atomic E-state index is 12.4. The van der Waals surface area contributed by atoms with Crippen LogP contribution in [0.25, 0.3) is 0 Å². The number of hydrogen-bond donors (Lipinski definition) is 2. The van der Waals surface area contributed by atoms with E-state index in [0.717, 1.165) is 24.8 Å². The summed E-state index contributed by atoms with van der Waals surface area (Å²) in [6.07, 6.45) is 4.10. The normalized spacial score (nSPS) is 20.0. The van der Waals surface area contributed by atoms with Crippen molar-refractivity contribution in [1.82, 2.24) is 10.2 Å². The van der Waals surface area contributed by atoms with Crippen LogP contribution in [0.5, 0.6) is 0 Å². The molecule has 2 N–H and O–H groups in total. The minimum atomic E-state index is -0.772. The lowest BCUT2D eigenvalue weighted by Gasteiger charge is -2.43. The molecule has 1 heterocycles. The van der Waals surface area contributed by atoms with E-state index in [4.69, 9.17) is 28.3 Å². The van der Waals surface area contributed by atoms with Crippen molar-refractivity contribution in [1.29, 1.82) is 0 Å². The molecule has 0 atom stereocenters. The Morgan fingerprint density at radius 1 is 1.24 bits per heavy atom. The van der Waals surface area contributed by atoms with Crippen LogP contribution in [0.3, 0.4) is 0 Å². The van der Waals surface area contributed by atoms with E-state index in [9.17, 15) is 9.59 Å². The number of carbonyl (C=O) groups excluding carboxylic acids is 1. The SMILES string of the molecule is O=C(O)C1CCN(C(=O)NCC2(c3ccc(Cl)cc3Cl)CCC2)CC1. The molecule has 7 heteroatoms. The average Bonchev–Trinajstić information content (AvgIpc) is 2.55. The highest BCUT2D eigenvalue weighted by atomic mass is 35.5. The van der Waals surface area contributed by atoms with Gasteiger partial charge in [0.25, 0.3) is 0 Å². The molecule has 1 aliphatic carbocycles. The van der Waals surface area contributed by atoms with Crippen LogP contribution >= 0.6 is 23.2 Å². The molecular weight excluding hydrogens is 363 g/mol. The lowest BCUT2D eigenvalue weighted by molar-refractivity contribution is -0.143. The number of carbonyl (C=O) groups is 2. The van der Waals surface area contributed by atoms with Gasteiger partial charge >= 0.3 is 12.0 Å². The number of benzene rings is 1. The molecule has 0 unspecified atom stereocenters. The van der Waals surface area contributed by atoms with Gasteiger partial charge in [0.1, 0.15) is 0 Å². The van der Waals surface area contributed by atoms with E-state index in [1.54, 1.807) is 11.0 Å². The minimum absolute atomic E-state index is 0.125. The van der Waals surface area contributed by atoms with Crippen LogP contribution in [0.15, 0.2) is 18.2 Å². The molecule has 2 aliphatic rings. The van der Waals surface area contributed by atoms with Gasteiger partial charge < -0.3 is 15.3 Å². The predicted molar refractivity (Wildman–Crippen MR) is 97.3 cm³/mol. The molecular formula is C18H22Cl2N2O3. The summed E-state index contributed by atoms with van der Waals surface area (Å²) in [5, 5.41) is 13.3. The first kappa shape index (κ1) is 18.3. The Labute approximate surface area is 157 Å². The molecule has 136 valence electrons. The molecule has 0 bridgehead atoms. The number of piperidine rings is 1. The van der Waals surface area contributed by atoms with Crippen molar-refractivity contribution in [3.05, 3.63) is 33.8 Å². The average molecular weight is 385 g/mol. The van der Waals surface area contributed by atoms with Crippen LogP contribution in [-0.2, 0) is 10.2 Å². The van der Waals surface area contributed by atoms with Crippen LogP contribution in [0.1, 0.15) is 37.7 Å². The smallest absolute Gasteiger partial charge is 0.317 e. The fraction of sp³-hybridized carbons (Fsp3) is 0.556. The van der Waals surface area contributed by atoms with Crippen LogP contribution in [-0.4, -0.2) is 41.6 Å². The standard InChI is InChI=1S/C18H22Cl2N2O3/c19-13-2-3-14(15(20)10-13)18(6-1-7-18)11-21-17(25)22-8-4-12(5-9-22)16(23)24/h2-3,10,12H,1,4-9,11H2,(H,21,25)(H,23,24). The number of likely N-dealkylation sites (tertiary alicyclic amines) is 1. The highest BCUT2D eigenvalue weighted by Gasteiger charge is 2.40. The topological polar surface area (TPSA) is 69.6 Å². The van der Waals surface area contributed by atoms with E-state index in [1.807, 2.05) is 12.1 Å². The minimum Gasteiger partial charge on any atom is -0.481 e. The second-order valence-electron chi connectivity index (χ2n) is 7.02. The number of rotatable bonds is 4. The van der Waals surface area contributed by atoms with Crippen LogP contribution in [0.4, 0.5) is 4.79 Å². The maximum Gasteiger partial charge on any atom is 0.317 e. The molecule has 1 aliphatic heterocycles. The number of nitrogens with one attached hydrogen (secondary N) is 1. The zero-order valence-corrected chi connectivity index (χ0v) is 15.4. The quantitative estimate of drug-likeness (QED) is 0.826. The van der Waals surface area contributed by atoms with Gasteiger partial charge in [-0.2, -0.15) is 0 Å². The Balaban J connectivity index is 1.60. The second kappa shape index (κ2) is 7.42. The van der Waals surface area contributed by atoms with Gasteiger partial charge in [-0.1, -0.05) is 35.7 Å². The Bertz CT molecular complexity index is 668. The third kappa shape index (κ3) is 3.87. The van der Waals surface area contributed by atoms with Gasteiger partial charge in [-0.15, -0.1) is 0 Å². The fourth-order valence-corrected chi connectivity index (χ4v) is 4.36. The molecule has 1 aromatic carbocycles. The molecule has 5 nitrogen and oxygen atoms in total. The first-order chi connectivity index (χ1) is 11.9. The van der Waals surface area contributed by atoms with Crippen molar-refractivity contribution >= 4 is 35.2 Å². The maximum absolute atomic E-state index is 12.4. The largest absolute Gasteiger partial charge is 0.481 e. The molecule has 25 heavy (non-hydrogen) atoms. The lowest BCUT2D eigenvalue weighted by Crippen LogP contribution is -2.51. The summed E-state index contributed by atoms with van der Waals surface area (Å²) < 4.78 is 0. The van der Waals surface area contributed by atoms with E-state index in [2.05, 4.69) is 5.32 Å². The van der Waals surface area contributed by atoms with E-state index in [-0.39, 0.29) is 17.4 Å². The number of amides is 2. The number of urea groups is 1. The molecule has 1 saturated carbocycles. The van der Waals surface area contributed by atoms with Crippen molar-refractivity contribution in [2.75, 3.05) is 19.6 Å². The molecule has 3 rings (SSSR count). The van der Waals surface area contributed by atoms with Gasteiger partial charge in [0.15, 0.2) is 0 Å². The third-order valence-corrected chi connectivity index (χ3v) is 6.07. The van der Waals surface area contributed by atoms with Crippen LogP contribution in [0.2, 0.25) is 10.0 Å². The summed E-state index contributed by atoms with van der Waals surface area (Å²) >= 11 is 12.4. The summed E-state index contributed by atoms with van der Waals surface area (Å²) in [7, 11) is 0. The van der Waals surface area contributed by atoms with E-state index >= 15 is 0 Å². The number of hydrogen-bond acceptors (Lipinski definition) is 2. The van der Waals surface area contributed by atoms with Crippen LogP contribution < -0.4 is 5.32 Å². The van der Waals surface area contributed by atoms with Crippen molar-refractivity contribution < 1.29 is 14.7 Å². The molecule has 1 aromatic rings. The van der Waals surface area contributed by atoms with Crippen molar-refractivity contribution in [2.45, 2.75) is 37.5 Å². The summed E-state index contributed by atoms with van der Waals surface area (Å²) in [4.78, 5) is 25.2. The molecule has 0 radical (unpaired) electrons. The number of nitrogens with zero attached hydrogens (tertiary/aromatic N) is 1. The summed E-state index contributed by atoms with van der Waals surface area (Å²) in [6.45, 7) is 1.50. The number of carboxylic acid groups (broad SMARTS) is 1. The fourth-order valence-electron chi connectivity index (χ4n) is 3.75. The monoisotopic (exact) mass is 384 g/mol. The van der Waals surface area contributed by atoms with Gasteiger partial charge in [0.05, 0.1) is 5.92 Å². The number of carboxylic acids is 1. The third-order valence-electron chi connectivity index (χ3n) is 5.52. The number of halogens is 2. The van der Waals surface area contributed by atoms with Crippen molar-refractivity contribution in [3.8, 4) is 0 Å². The molecule has 2 amide bonds. The highest BCUT2D eigenvalue weighted by molar-refractivity contribution is 6.35. The Morgan fingerprint density at radius 2 is 1.92 bits per heavy atom. The second-order valence-corrected chi connectivity index (χ2v) is 7.86. The first-order valence-corrected chi connectivity index (χ1v) is 9.38. The first-order valence-electron chi connectivity index (χ1n) is 8.62.